The standard InChI is InChI=1S/C19H20N6OS/c1-3-15-16(11-7-9-12(26-2)10-8-11)24-25-18(22-23-19(25)27-15)17-13-5-4-6-14(13)20-21-17/h7-10,15H,3-6H2,1-2H3,(H,20,21). The predicted molar refractivity (Wildman–Crippen MR) is 104 cm³/mol. The second-order valence-corrected chi connectivity index (χ2v) is 7.90. The van der Waals surface area contributed by atoms with Crippen LogP contribution in [0.4, 0.5) is 0 Å². The van der Waals surface area contributed by atoms with Gasteiger partial charge < -0.3 is 4.74 Å². The zero-order valence-corrected chi connectivity index (χ0v) is 16.1. The van der Waals surface area contributed by atoms with Crippen LogP contribution >= 0.6 is 11.8 Å². The van der Waals surface area contributed by atoms with E-state index in [2.05, 4.69) is 39.5 Å². The Morgan fingerprint density at radius 1 is 1.22 bits per heavy atom. The quantitative estimate of drug-likeness (QED) is 0.751. The first-order valence-corrected chi connectivity index (χ1v) is 10.1. The van der Waals surface area contributed by atoms with Gasteiger partial charge in [-0.05, 0) is 55.5 Å². The molecule has 7 nitrogen and oxygen atoms in total. The molecule has 0 saturated carbocycles. The number of hydrogen-bond acceptors (Lipinski definition) is 6. The Bertz CT molecular complexity index is 1020. The highest BCUT2D eigenvalue weighted by Gasteiger charge is 2.30. The molecular weight excluding hydrogens is 360 g/mol. The zero-order chi connectivity index (χ0) is 18.4. The third kappa shape index (κ3) is 2.66. The van der Waals surface area contributed by atoms with E-state index in [-0.39, 0.29) is 5.25 Å². The average Bonchev–Trinajstić information content (AvgIpc) is 3.42. The van der Waals surface area contributed by atoms with Crippen LogP contribution in [-0.2, 0) is 12.8 Å². The van der Waals surface area contributed by atoms with Crippen LogP contribution in [0.1, 0.15) is 36.6 Å². The number of nitrogens with zero attached hydrogens (tertiary/aromatic N) is 5. The molecule has 1 aliphatic carbocycles. The number of ether oxygens (including phenoxy) is 1. The van der Waals surface area contributed by atoms with E-state index in [1.54, 1.807) is 18.9 Å². The first kappa shape index (κ1) is 16.6. The number of fused-ring (bicyclic) bond motifs is 2. The fourth-order valence-corrected chi connectivity index (χ4v) is 4.75. The van der Waals surface area contributed by atoms with Crippen molar-refractivity contribution in [1.29, 1.82) is 0 Å². The third-order valence-electron chi connectivity index (χ3n) is 5.15. The molecule has 8 heteroatoms. The van der Waals surface area contributed by atoms with Crippen molar-refractivity contribution in [3.8, 4) is 17.3 Å². The number of H-pyrrole nitrogens is 1. The number of thioether (sulfide) groups is 1. The highest BCUT2D eigenvalue weighted by atomic mass is 32.2. The first-order chi connectivity index (χ1) is 13.3. The van der Waals surface area contributed by atoms with Gasteiger partial charge in [0.05, 0.1) is 18.1 Å². The Kier molecular flexibility index (Phi) is 4.00. The van der Waals surface area contributed by atoms with Crippen LogP contribution in [0.25, 0.3) is 11.5 Å². The second kappa shape index (κ2) is 6.53. The lowest BCUT2D eigenvalue weighted by atomic mass is 10.1. The van der Waals surface area contributed by atoms with Gasteiger partial charge in [0.2, 0.25) is 11.0 Å². The van der Waals surface area contributed by atoms with Crippen LogP contribution in [-0.4, -0.2) is 43.1 Å². The van der Waals surface area contributed by atoms with Crippen LogP contribution in [0.2, 0.25) is 0 Å². The minimum atomic E-state index is 0.243. The topological polar surface area (TPSA) is 81.0 Å². The zero-order valence-electron chi connectivity index (χ0n) is 15.3. The molecule has 2 aromatic heterocycles. The predicted octanol–water partition coefficient (Wildman–Crippen LogP) is 3.30. The molecule has 1 unspecified atom stereocenters. The van der Waals surface area contributed by atoms with Gasteiger partial charge in [-0.2, -0.15) is 14.9 Å². The molecule has 5 rings (SSSR count). The van der Waals surface area contributed by atoms with Crippen molar-refractivity contribution < 1.29 is 4.74 Å². The number of benzene rings is 1. The van der Waals surface area contributed by atoms with E-state index in [4.69, 9.17) is 9.84 Å². The van der Waals surface area contributed by atoms with Crippen LogP contribution in [0.3, 0.4) is 0 Å². The molecule has 3 heterocycles. The number of aromatic amines is 1. The van der Waals surface area contributed by atoms with Gasteiger partial charge in [0, 0.05) is 11.3 Å². The molecule has 1 aromatic carbocycles. The van der Waals surface area contributed by atoms with E-state index < -0.39 is 0 Å². The molecule has 1 aliphatic heterocycles. The molecule has 2 aliphatic rings. The maximum absolute atomic E-state index is 5.28. The van der Waals surface area contributed by atoms with E-state index >= 15 is 0 Å². The van der Waals surface area contributed by atoms with Gasteiger partial charge in [-0.25, -0.2) is 0 Å². The summed E-state index contributed by atoms with van der Waals surface area (Å²) >= 11 is 1.71. The molecule has 0 fully saturated rings. The Morgan fingerprint density at radius 3 is 2.85 bits per heavy atom. The fraction of sp³-hybridized carbons (Fsp3) is 0.368. The minimum Gasteiger partial charge on any atom is -0.497 e. The van der Waals surface area contributed by atoms with Gasteiger partial charge in [0.15, 0.2) is 0 Å². The summed E-state index contributed by atoms with van der Waals surface area (Å²) in [5, 5.41) is 22.5. The maximum atomic E-state index is 5.28. The number of methoxy groups -OCH3 is 1. The summed E-state index contributed by atoms with van der Waals surface area (Å²) in [6.07, 6.45) is 4.21. The van der Waals surface area contributed by atoms with Crippen molar-refractivity contribution >= 4 is 17.5 Å². The lowest BCUT2D eigenvalue weighted by Gasteiger charge is -2.22. The summed E-state index contributed by atoms with van der Waals surface area (Å²) < 4.78 is 7.13. The molecule has 0 bridgehead atoms. The molecule has 0 amide bonds. The summed E-state index contributed by atoms with van der Waals surface area (Å²) in [4.78, 5) is 0. The van der Waals surface area contributed by atoms with E-state index in [1.165, 1.54) is 11.3 Å². The molecule has 27 heavy (non-hydrogen) atoms. The Balaban J connectivity index is 1.61. The summed E-state index contributed by atoms with van der Waals surface area (Å²) in [5.41, 5.74) is 5.49. The van der Waals surface area contributed by atoms with Crippen molar-refractivity contribution in [2.75, 3.05) is 7.11 Å². The van der Waals surface area contributed by atoms with Crippen LogP contribution in [0.5, 0.6) is 5.75 Å². The molecule has 0 saturated heterocycles. The number of aryl methyl sites for hydroxylation is 1. The number of rotatable bonds is 4. The van der Waals surface area contributed by atoms with Crippen molar-refractivity contribution in [1.82, 2.24) is 25.1 Å². The van der Waals surface area contributed by atoms with Crippen LogP contribution in [0, 0.1) is 0 Å². The number of aromatic nitrogens is 5. The normalized spacial score (nSPS) is 18.1. The summed E-state index contributed by atoms with van der Waals surface area (Å²) in [6, 6.07) is 8.06. The van der Waals surface area contributed by atoms with Crippen molar-refractivity contribution in [2.24, 2.45) is 5.10 Å². The monoisotopic (exact) mass is 380 g/mol. The second-order valence-electron chi connectivity index (χ2n) is 6.73. The van der Waals surface area contributed by atoms with Crippen molar-refractivity contribution in [2.45, 2.75) is 43.0 Å². The number of hydrogen-bond donors (Lipinski definition) is 1. The lowest BCUT2D eigenvalue weighted by Crippen LogP contribution is -2.24. The summed E-state index contributed by atoms with van der Waals surface area (Å²) in [7, 11) is 1.68. The maximum Gasteiger partial charge on any atom is 0.213 e. The van der Waals surface area contributed by atoms with E-state index in [1.807, 2.05) is 16.8 Å². The van der Waals surface area contributed by atoms with Gasteiger partial charge in [-0.1, -0.05) is 18.7 Å². The average molecular weight is 380 g/mol. The van der Waals surface area contributed by atoms with Crippen LogP contribution < -0.4 is 4.74 Å². The molecule has 3 aromatic rings. The molecule has 138 valence electrons. The van der Waals surface area contributed by atoms with Crippen molar-refractivity contribution in [3.05, 3.63) is 41.1 Å². The highest BCUT2D eigenvalue weighted by Crippen LogP contribution is 2.36. The SMILES string of the molecule is CCC1Sc2nnc(-c3n[nH]c4c3CCC4)n2N=C1c1ccc(OC)cc1. The first-order valence-electron chi connectivity index (χ1n) is 9.20. The summed E-state index contributed by atoms with van der Waals surface area (Å²) in [6.45, 7) is 2.17. The Hall–Kier alpha value is -2.61. The van der Waals surface area contributed by atoms with Gasteiger partial charge >= 0.3 is 0 Å². The third-order valence-corrected chi connectivity index (χ3v) is 6.45. The smallest absolute Gasteiger partial charge is 0.213 e. The fourth-order valence-electron chi connectivity index (χ4n) is 3.72. The van der Waals surface area contributed by atoms with Crippen molar-refractivity contribution in [3.63, 3.8) is 0 Å². The molecule has 0 spiro atoms. The highest BCUT2D eigenvalue weighted by molar-refractivity contribution is 8.00. The molecule has 0 radical (unpaired) electrons. The largest absolute Gasteiger partial charge is 0.497 e. The van der Waals surface area contributed by atoms with Gasteiger partial charge in [-0.3, -0.25) is 5.10 Å². The Labute approximate surface area is 161 Å². The minimum absolute atomic E-state index is 0.243. The molecule has 1 atom stereocenters. The van der Waals surface area contributed by atoms with Gasteiger partial charge in [0.25, 0.3) is 0 Å². The summed E-state index contributed by atoms with van der Waals surface area (Å²) in [5.74, 6) is 1.56. The van der Waals surface area contributed by atoms with E-state index in [9.17, 15) is 0 Å². The Morgan fingerprint density at radius 2 is 2.07 bits per heavy atom. The van der Waals surface area contributed by atoms with Gasteiger partial charge in [-0.15, -0.1) is 10.2 Å². The van der Waals surface area contributed by atoms with Gasteiger partial charge in [0.1, 0.15) is 11.4 Å². The van der Waals surface area contributed by atoms with Crippen LogP contribution in [0.15, 0.2) is 34.5 Å². The lowest BCUT2D eigenvalue weighted by molar-refractivity contribution is 0.415. The number of nitrogens with one attached hydrogen (secondary N) is 1. The molecule has 1 N–H and O–H groups in total. The van der Waals surface area contributed by atoms with E-state index in [0.29, 0.717) is 0 Å². The van der Waals surface area contributed by atoms with E-state index in [0.717, 1.165) is 59.4 Å². The molecular formula is C19H20N6OS.